The third-order valence-corrected chi connectivity index (χ3v) is 10.0. The summed E-state index contributed by atoms with van der Waals surface area (Å²) < 4.78 is 57.9. The molecule has 46 heavy (non-hydrogen) atoms. The predicted molar refractivity (Wildman–Crippen MR) is 173 cm³/mol. The van der Waals surface area contributed by atoms with Gasteiger partial charge in [0.25, 0.3) is 10.0 Å². The Hall–Kier alpha value is -4.57. The van der Waals surface area contributed by atoms with Gasteiger partial charge in [-0.15, -0.1) is 0 Å². The minimum absolute atomic E-state index is 0.0367. The Kier molecular flexibility index (Phi) is 10.5. The van der Waals surface area contributed by atoms with Crippen LogP contribution in [0.3, 0.4) is 0 Å². The predicted octanol–water partition coefficient (Wildman–Crippen LogP) is 6.17. The minimum Gasteiger partial charge on any atom is -0.352 e. The largest absolute Gasteiger partial charge is 0.352 e. The third kappa shape index (κ3) is 7.98. The van der Waals surface area contributed by atoms with Crippen LogP contribution in [-0.2, 0) is 32.6 Å². The SMILES string of the molecule is Cc1ccc(S(=O)(=O)N(CC(=O)N(Cc2ccc(F)cc2)[C@H](Cc2ccccc2)C(=O)NC2CCCC2)c2ccccc2F)cc1. The van der Waals surface area contributed by atoms with Crippen LogP contribution in [0.1, 0.15) is 42.4 Å². The lowest BCUT2D eigenvalue weighted by molar-refractivity contribution is -0.140. The molecule has 0 aromatic heterocycles. The van der Waals surface area contributed by atoms with E-state index in [1.807, 2.05) is 37.3 Å². The lowest BCUT2D eigenvalue weighted by Crippen LogP contribution is -2.54. The van der Waals surface area contributed by atoms with Crippen molar-refractivity contribution in [2.24, 2.45) is 0 Å². The van der Waals surface area contributed by atoms with E-state index < -0.39 is 40.2 Å². The molecule has 4 aromatic carbocycles. The zero-order valence-electron chi connectivity index (χ0n) is 25.6. The molecule has 4 aromatic rings. The maximum atomic E-state index is 15.3. The van der Waals surface area contributed by atoms with E-state index in [4.69, 9.17) is 0 Å². The van der Waals surface area contributed by atoms with E-state index in [1.165, 1.54) is 59.5 Å². The molecule has 5 rings (SSSR count). The lowest BCUT2D eigenvalue weighted by atomic mass is 10.0. The average Bonchev–Trinajstić information content (AvgIpc) is 3.56. The van der Waals surface area contributed by atoms with E-state index >= 15 is 4.39 Å². The highest BCUT2D eigenvalue weighted by Gasteiger charge is 2.36. The van der Waals surface area contributed by atoms with Gasteiger partial charge in [0.15, 0.2) is 0 Å². The van der Waals surface area contributed by atoms with Gasteiger partial charge in [-0.05, 0) is 67.3 Å². The first kappa shape index (κ1) is 32.8. The molecular formula is C36H37F2N3O4S. The van der Waals surface area contributed by atoms with Crippen LogP contribution in [0.15, 0.2) is 108 Å². The summed E-state index contributed by atoms with van der Waals surface area (Å²) in [6, 6.07) is 25.1. The topological polar surface area (TPSA) is 86.8 Å². The second-order valence-electron chi connectivity index (χ2n) is 11.6. The normalized spacial score (nSPS) is 14.1. The summed E-state index contributed by atoms with van der Waals surface area (Å²) in [4.78, 5) is 29.7. The second-order valence-corrected chi connectivity index (χ2v) is 13.5. The van der Waals surface area contributed by atoms with Crippen molar-refractivity contribution in [1.82, 2.24) is 10.2 Å². The summed E-state index contributed by atoms with van der Waals surface area (Å²) in [6.07, 6.45) is 3.77. The monoisotopic (exact) mass is 645 g/mol. The first-order chi connectivity index (χ1) is 22.1. The Morgan fingerprint density at radius 1 is 0.826 bits per heavy atom. The summed E-state index contributed by atoms with van der Waals surface area (Å²) in [7, 11) is -4.43. The van der Waals surface area contributed by atoms with Crippen LogP contribution >= 0.6 is 0 Å². The van der Waals surface area contributed by atoms with Crippen LogP contribution in [-0.4, -0.2) is 43.8 Å². The Morgan fingerprint density at radius 2 is 1.46 bits per heavy atom. The van der Waals surface area contributed by atoms with Crippen molar-refractivity contribution in [3.63, 3.8) is 0 Å². The molecule has 240 valence electrons. The molecule has 0 unspecified atom stereocenters. The molecule has 0 aliphatic heterocycles. The first-order valence-electron chi connectivity index (χ1n) is 15.3. The van der Waals surface area contributed by atoms with Gasteiger partial charge in [-0.2, -0.15) is 0 Å². The number of nitrogens with zero attached hydrogens (tertiary/aromatic N) is 2. The highest BCUT2D eigenvalue weighted by molar-refractivity contribution is 7.92. The molecule has 1 N–H and O–H groups in total. The fraction of sp³-hybridized carbons (Fsp3) is 0.278. The first-order valence-corrected chi connectivity index (χ1v) is 16.8. The summed E-state index contributed by atoms with van der Waals surface area (Å²) in [5.74, 6) is -2.37. The molecule has 1 aliphatic rings. The fourth-order valence-electron chi connectivity index (χ4n) is 5.71. The number of carbonyl (C=O) groups excluding carboxylic acids is 2. The average molecular weight is 646 g/mol. The van der Waals surface area contributed by atoms with Crippen LogP contribution in [0.2, 0.25) is 0 Å². The molecule has 0 radical (unpaired) electrons. The Balaban J connectivity index is 1.57. The number of halogens is 2. The van der Waals surface area contributed by atoms with Gasteiger partial charge in [-0.1, -0.05) is 85.1 Å². The maximum absolute atomic E-state index is 15.3. The zero-order chi connectivity index (χ0) is 32.7. The van der Waals surface area contributed by atoms with E-state index in [2.05, 4.69) is 5.32 Å². The van der Waals surface area contributed by atoms with Gasteiger partial charge in [0, 0.05) is 19.0 Å². The highest BCUT2D eigenvalue weighted by atomic mass is 32.2. The number of para-hydroxylation sites is 1. The molecule has 0 heterocycles. The van der Waals surface area contributed by atoms with Gasteiger partial charge >= 0.3 is 0 Å². The van der Waals surface area contributed by atoms with Gasteiger partial charge in [0.2, 0.25) is 11.8 Å². The fourth-order valence-corrected chi connectivity index (χ4v) is 7.13. The van der Waals surface area contributed by atoms with Crippen LogP contribution < -0.4 is 9.62 Å². The number of rotatable bonds is 12. The molecule has 0 spiro atoms. The number of benzene rings is 4. The molecule has 7 nitrogen and oxygen atoms in total. The van der Waals surface area contributed by atoms with Gasteiger partial charge in [-0.25, -0.2) is 17.2 Å². The zero-order valence-corrected chi connectivity index (χ0v) is 26.4. The van der Waals surface area contributed by atoms with E-state index in [0.717, 1.165) is 47.2 Å². The molecule has 1 atom stereocenters. The van der Waals surface area contributed by atoms with Crippen molar-refractivity contribution in [3.8, 4) is 0 Å². The molecule has 1 fully saturated rings. The molecule has 1 aliphatic carbocycles. The van der Waals surface area contributed by atoms with Crippen molar-refractivity contribution in [2.75, 3.05) is 10.8 Å². The van der Waals surface area contributed by atoms with Gasteiger partial charge in [0.05, 0.1) is 10.6 Å². The van der Waals surface area contributed by atoms with Gasteiger partial charge in [-0.3, -0.25) is 13.9 Å². The Morgan fingerprint density at radius 3 is 2.11 bits per heavy atom. The third-order valence-electron chi connectivity index (χ3n) is 8.25. The summed E-state index contributed by atoms with van der Waals surface area (Å²) >= 11 is 0. The second kappa shape index (κ2) is 14.7. The molecule has 0 bridgehead atoms. The summed E-state index contributed by atoms with van der Waals surface area (Å²) in [5, 5.41) is 3.10. The lowest BCUT2D eigenvalue weighted by Gasteiger charge is -2.34. The molecule has 10 heteroatoms. The van der Waals surface area contributed by atoms with Crippen molar-refractivity contribution in [3.05, 3.63) is 131 Å². The molecule has 1 saturated carbocycles. The smallest absolute Gasteiger partial charge is 0.264 e. The van der Waals surface area contributed by atoms with E-state index in [1.54, 1.807) is 12.1 Å². The van der Waals surface area contributed by atoms with Crippen LogP contribution in [0.5, 0.6) is 0 Å². The van der Waals surface area contributed by atoms with Crippen LogP contribution in [0.4, 0.5) is 14.5 Å². The number of carbonyl (C=O) groups is 2. The van der Waals surface area contributed by atoms with Crippen molar-refractivity contribution in [2.45, 2.75) is 62.6 Å². The van der Waals surface area contributed by atoms with Crippen molar-refractivity contribution < 1.29 is 26.8 Å². The number of sulfonamides is 1. The highest BCUT2D eigenvalue weighted by Crippen LogP contribution is 2.28. The van der Waals surface area contributed by atoms with Crippen molar-refractivity contribution in [1.29, 1.82) is 0 Å². The van der Waals surface area contributed by atoms with Crippen LogP contribution in [0.25, 0.3) is 0 Å². The number of hydrogen-bond acceptors (Lipinski definition) is 4. The summed E-state index contributed by atoms with van der Waals surface area (Å²) in [5.41, 5.74) is 1.87. The van der Waals surface area contributed by atoms with Gasteiger partial charge < -0.3 is 10.2 Å². The van der Waals surface area contributed by atoms with Crippen molar-refractivity contribution >= 4 is 27.5 Å². The minimum atomic E-state index is -4.43. The number of amides is 2. The number of anilines is 1. The van der Waals surface area contributed by atoms with E-state index in [9.17, 15) is 22.4 Å². The standard InChI is InChI=1S/C36H37F2N3O4S/c1-26-15-21-31(22-16-26)46(44,45)41(33-14-8-7-13-32(33)38)25-35(42)40(24-28-17-19-29(37)20-18-28)34(23-27-9-3-2-4-10-27)36(43)39-30-11-5-6-12-30/h2-4,7-10,13-22,30,34H,5-6,11-12,23-25H2,1H3,(H,39,43)/t34-/m1/s1. The number of nitrogens with one attached hydrogen (secondary N) is 1. The van der Waals surface area contributed by atoms with Gasteiger partial charge in [0.1, 0.15) is 24.2 Å². The molecule has 2 amide bonds. The van der Waals surface area contributed by atoms with E-state index in [0.29, 0.717) is 5.56 Å². The number of aryl methyl sites for hydroxylation is 1. The summed E-state index contributed by atoms with van der Waals surface area (Å²) in [6.45, 7) is 0.927. The quantitative estimate of drug-likeness (QED) is 0.200. The Labute approximate surface area is 268 Å². The Bertz CT molecular complexity index is 1740. The maximum Gasteiger partial charge on any atom is 0.264 e. The van der Waals surface area contributed by atoms with E-state index in [-0.39, 0.29) is 35.5 Å². The van der Waals surface area contributed by atoms with Crippen LogP contribution in [0, 0.1) is 18.6 Å². The molecular weight excluding hydrogens is 608 g/mol. The number of hydrogen-bond donors (Lipinski definition) is 1. The molecule has 0 saturated heterocycles.